The number of alkyl halides is 1. The van der Waals surface area contributed by atoms with Crippen LogP contribution in [-0.4, -0.2) is 40.2 Å². The molecule has 1 rings (SSSR count). The second-order valence-electron chi connectivity index (χ2n) is 6.52. The first-order chi connectivity index (χ1) is 11.8. The molecule has 25 heavy (non-hydrogen) atoms. The molecule has 1 N–H and O–H groups in total. The molecule has 0 saturated carbocycles. The van der Waals surface area contributed by atoms with Crippen molar-refractivity contribution in [3.63, 3.8) is 0 Å². The number of carbonyl (C=O) groups excluding carboxylic acids is 1. The highest BCUT2D eigenvalue weighted by atomic mass is 79.9. The van der Waals surface area contributed by atoms with Gasteiger partial charge in [0.05, 0.1) is 6.61 Å². The molecule has 140 valence electrons. The lowest BCUT2D eigenvalue weighted by Gasteiger charge is -2.29. The molecular weight excluding hydrogens is 386 g/mol. The maximum absolute atomic E-state index is 12.7. The number of ether oxygens (including phenoxy) is 2. The Balaban J connectivity index is 3.18. The molecule has 0 atom stereocenters. The zero-order valence-corrected chi connectivity index (χ0v) is 17.0. The number of benzene rings is 1. The first-order valence-electron chi connectivity index (χ1n) is 8.43. The fourth-order valence-electron chi connectivity index (χ4n) is 2.17. The third kappa shape index (κ3) is 7.82. The van der Waals surface area contributed by atoms with Crippen LogP contribution in [0.3, 0.4) is 0 Å². The minimum absolute atomic E-state index is 0.244. The summed E-state index contributed by atoms with van der Waals surface area (Å²) >= 11 is 3.38. The Morgan fingerprint density at radius 1 is 1.24 bits per heavy atom. The minimum Gasteiger partial charge on any atom is -0.480 e. The average Bonchev–Trinajstić information content (AvgIpc) is 2.53. The van der Waals surface area contributed by atoms with Crippen LogP contribution in [0.1, 0.15) is 39.7 Å². The molecule has 1 amide bonds. The van der Waals surface area contributed by atoms with Gasteiger partial charge in [-0.25, -0.2) is 4.79 Å². The molecule has 0 saturated heterocycles. The first-order valence-corrected chi connectivity index (χ1v) is 9.56. The van der Waals surface area contributed by atoms with Gasteiger partial charge >= 0.3 is 6.09 Å². The van der Waals surface area contributed by atoms with Gasteiger partial charge in [0, 0.05) is 18.3 Å². The van der Waals surface area contributed by atoms with Crippen molar-refractivity contribution in [3.05, 3.63) is 47.5 Å². The van der Waals surface area contributed by atoms with Crippen LogP contribution in [0.15, 0.2) is 42.0 Å². The van der Waals surface area contributed by atoms with E-state index in [1.807, 2.05) is 51.1 Å². The molecule has 0 fully saturated rings. The zero-order chi connectivity index (χ0) is 18.9. The van der Waals surface area contributed by atoms with E-state index in [-0.39, 0.29) is 5.95 Å². The Morgan fingerprint density at radius 3 is 2.40 bits per heavy atom. The smallest absolute Gasteiger partial charge is 0.414 e. The fourth-order valence-corrected chi connectivity index (χ4v) is 2.42. The SMILES string of the molecule is CCO/C(O)=C(\Cc1ccccc1)N(CCCBr)C(=O)OC(C)(C)C. The highest BCUT2D eigenvalue weighted by Gasteiger charge is 2.27. The third-order valence-corrected chi connectivity index (χ3v) is 3.76. The van der Waals surface area contributed by atoms with Crippen LogP contribution < -0.4 is 0 Å². The topological polar surface area (TPSA) is 59.0 Å². The van der Waals surface area contributed by atoms with Crippen LogP contribution in [0, 0.1) is 0 Å². The molecular formula is C19H28BrNO4. The molecule has 0 aliphatic heterocycles. The van der Waals surface area contributed by atoms with Gasteiger partial charge < -0.3 is 14.6 Å². The van der Waals surface area contributed by atoms with E-state index in [0.717, 1.165) is 17.3 Å². The molecule has 0 aromatic heterocycles. The number of aliphatic hydroxyl groups excluding tert-OH is 1. The average molecular weight is 414 g/mol. The molecule has 0 radical (unpaired) electrons. The van der Waals surface area contributed by atoms with Crippen molar-refractivity contribution in [1.29, 1.82) is 0 Å². The number of hydrogen-bond donors (Lipinski definition) is 1. The quantitative estimate of drug-likeness (QED) is 0.480. The second kappa shape index (κ2) is 10.3. The van der Waals surface area contributed by atoms with Gasteiger partial charge in [0.25, 0.3) is 5.95 Å². The Labute approximate surface area is 158 Å². The van der Waals surface area contributed by atoms with Gasteiger partial charge in [-0.3, -0.25) is 4.90 Å². The molecule has 0 bridgehead atoms. The normalized spacial score (nSPS) is 12.4. The molecule has 6 heteroatoms. The highest BCUT2D eigenvalue weighted by Crippen LogP contribution is 2.21. The molecule has 0 unspecified atom stereocenters. The lowest BCUT2D eigenvalue weighted by Crippen LogP contribution is -2.38. The van der Waals surface area contributed by atoms with Crippen molar-refractivity contribution in [2.75, 3.05) is 18.5 Å². The Morgan fingerprint density at radius 2 is 1.88 bits per heavy atom. The number of aliphatic hydroxyl groups is 1. The van der Waals surface area contributed by atoms with Crippen molar-refractivity contribution in [2.24, 2.45) is 0 Å². The molecule has 0 heterocycles. The van der Waals surface area contributed by atoms with E-state index in [1.54, 1.807) is 6.92 Å². The highest BCUT2D eigenvalue weighted by molar-refractivity contribution is 9.09. The maximum atomic E-state index is 12.7. The van der Waals surface area contributed by atoms with Crippen LogP contribution in [-0.2, 0) is 15.9 Å². The van der Waals surface area contributed by atoms with Gasteiger partial charge in [0.2, 0.25) is 0 Å². The molecule has 0 aliphatic rings. The summed E-state index contributed by atoms with van der Waals surface area (Å²) in [4.78, 5) is 14.2. The van der Waals surface area contributed by atoms with E-state index in [4.69, 9.17) is 9.47 Å². The van der Waals surface area contributed by atoms with Gasteiger partial charge in [-0.2, -0.15) is 0 Å². The Bertz CT molecular complexity index is 567. The van der Waals surface area contributed by atoms with Gasteiger partial charge in [0.15, 0.2) is 0 Å². The summed E-state index contributed by atoms with van der Waals surface area (Å²) in [6.45, 7) is 7.96. The lowest BCUT2D eigenvalue weighted by molar-refractivity contribution is 0.0249. The Kier molecular flexibility index (Phi) is 8.83. The maximum Gasteiger partial charge on any atom is 0.414 e. The Hall–Kier alpha value is -1.69. The van der Waals surface area contributed by atoms with E-state index in [0.29, 0.717) is 25.3 Å². The number of amides is 1. The summed E-state index contributed by atoms with van der Waals surface area (Å²) < 4.78 is 10.8. The van der Waals surface area contributed by atoms with E-state index >= 15 is 0 Å². The standard InChI is InChI=1S/C19H28BrNO4/c1-5-24-17(22)16(14-15-10-7-6-8-11-15)21(13-9-12-20)18(23)25-19(2,3)4/h6-8,10-11,22H,5,9,12-14H2,1-4H3/b17-16+. The number of hydrogen-bond acceptors (Lipinski definition) is 4. The molecule has 0 spiro atoms. The van der Waals surface area contributed by atoms with Gasteiger partial charge in [-0.15, -0.1) is 0 Å². The van der Waals surface area contributed by atoms with E-state index in [9.17, 15) is 9.90 Å². The molecule has 1 aromatic rings. The summed E-state index contributed by atoms with van der Waals surface area (Å²) in [6.07, 6.45) is 0.594. The van der Waals surface area contributed by atoms with Crippen LogP contribution in [0.25, 0.3) is 0 Å². The van der Waals surface area contributed by atoms with E-state index < -0.39 is 11.7 Å². The monoisotopic (exact) mass is 413 g/mol. The lowest BCUT2D eigenvalue weighted by atomic mass is 10.1. The summed E-state index contributed by atoms with van der Waals surface area (Å²) in [5.41, 5.74) is 0.752. The van der Waals surface area contributed by atoms with Crippen LogP contribution >= 0.6 is 15.9 Å². The van der Waals surface area contributed by atoms with Crippen molar-refractivity contribution in [1.82, 2.24) is 4.90 Å². The number of allylic oxidation sites excluding steroid dienone is 1. The number of carbonyl (C=O) groups is 1. The van der Waals surface area contributed by atoms with Crippen molar-refractivity contribution >= 4 is 22.0 Å². The summed E-state index contributed by atoms with van der Waals surface area (Å²) in [6, 6.07) is 9.64. The van der Waals surface area contributed by atoms with E-state index in [2.05, 4.69) is 15.9 Å². The van der Waals surface area contributed by atoms with Crippen LogP contribution in [0.5, 0.6) is 0 Å². The van der Waals surface area contributed by atoms with Crippen molar-refractivity contribution < 1.29 is 19.4 Å². The van der Waals surface area contributed by atoms with Gasteiger partial charge in [-0.05, 0) is 39.7 Å². The summed E-state index contributed by atoms with van der Waals surface area (Å²) in [5, 5.41) is 11.1. The zero-order valence-electron chi connectivity index (χ0n) is 15.4. The van der Waals surface area contributed by atoms with Crippen LogP contribution in [0.2, 0.25) is 0 Å². The van der Waals surface area contributed by atoms with E-state index in [1.165, 1.54) is 4.90 Å². The summed E-state index contributed by atoms with van der Waals surface area (Å²) in [5.74, 6) is -0.244. The molecule has 5 nitrogen and oxygen atoms in total. The molecule has 0 aliphatic carbocycles. The number of rotatable bonds is 8. The predicted octanol–water partition coefficient (Wildman–Crippen LogP) is 5.01. The van der Waals surface area contributed by atoms with Gasteiger partial charge in [0.1, 0.15) is 11.3 Å². The minimum atomic E-state index is -0.622. The predicted molar refractivity (Wildman–Crippen MR) is 103 cm³/mol. The number of nitrogens with zero attached hydrogens (tertiary/aromatic N) is 1. The number of halogens is 1. The van der Waals surface area contributed by atoms with Crippen LogP contribution in [0.4, 0.5) is 4.79 Å². The van der Waals surface area contributed by atoms with Crippen molar-refractivity contribution in [2.45, 2.75) is 46.1 Å². The fraction of sp³-hybridized carbons (Fsp3) is 0.526. The summed E-state index contributed by atoms with van der Waals surface area (Å²) in [7, 11) is 0. The van der Waals surface area contributed by atoms with Gasteiger partial charge in [-0.1, -0.05) is 46.3 Å². The second-order valence-corrected chi connectivity index (χ2v) is 7.31. The van der Waals surface area contributed by atoms with Crippen molar-refractivity contribution in [3.8, 4) is 0 Å². The largest absolute Gasteiger partial charge is 0.480 e. The first kappa shape index (κ1) is 21.4. The third-order valence-electron chi connectivity index (χ3n) is 3.20. The molecule has 1 aromatic carbocycles.